The number of amides is 1. The van der Waals surface area contributed by atoms with Gasteiger partial charge in [0.05, 0.1) is 49.6 Å². The van der Waals surface area contributed by atoms with Crippen molar-refractivity contribution < 1.29 is 18.7 Å². The molecule has 0 saturated carbocycles. The van der Waals surface area contributed by atoms with Crippen molar-refractivity contribution >= 4 is 25.2 Å². The summed E-state index contributed by atoms with van der Waals surface area (Å²) in [7, 11) is 0.0612. The Balaban J connectivity index is 1.01. The monoisotopic (exact) mass is 640 g/mol. The molecular weight excluding hydrogens is 604 g/mol. The molecule has 1 unspecified atom stereocenters. The van der Waals surface area contributed by atoms with E-state index in [9.17, 15) is 4.79 Å². The van der Waals surface area contributed by atoms with E-state index in [1.807, 2.05) is 60.9 Å². The van der Waals surface area contributed by atoms with Crippen LogP contribution in [-0.2, 0) is 30.9 Å². The predicted molar refractivity (Wildman–Crippen MR) is 175 cm³/mol. The van der Waals surface area contributed by atoms with Gasteiger partial charge < -0.3 is 14.8 Å². The molecule has 0 aliphatic carbocycles. The minimum absolute atomic E-state index is 0.306. The van der Waals surface area contributed by atoms with Gasteiger partial charge in [0.1, 0.15) is 25.7 Å². The molecule has 1 fully saturated rings. The van der Waals surface area contributed by atoms with E-state index in [0.29, 0.717) is 44.0 Å². The number of rotatable bonds is 12. The maximum absolute atomic E-state index is 15.3. The van der Waals surface area contributed by atoms with Crippen LogP contribution in [0.15, 0.2) is 79.1 Å². The summed E-state index contributed by atoms with van der Waals surface area (Å²) in [6.07, 6.45) is 2.95. The van der Waals surface area contributed by atoms with Gasteiger partial charge in [0.15, 0.2) is 0 Å². The van der Waals surface area contributed by atoms with Gasteiger partial charge in [0.25, 0.3) is 0 Å². The zero-order chi connectivity index (χ0) is 32.3. The number of anilines is 1. The minimum atomic E-state index is -1.59. The van der Waals surface area contributed by atoms with Gasteiger partial charge in [-0.2, -0.15) is 0 Å². The molecule has 5 aromatic rings. The van der Waals surface area contributed by atoms with E-state index < -0.39 is 26.1 Å². The Morgan fingerprint density at radius 2 is 1.67 bits per heavy atom. The average molecular weight is 641 g/mol. The summed E-state index contributed by atoms with van der Waals surface area (Å²) >= 11 is 0. The molecule has 0 radical (unpaired) electrons. The minimum Gasteiger partial charge on any atom is -0.497 e. The van der Waals surface area contributed by atoms with E-state index in [1.54, 1.807) is 28.6 Å². The number of carbonyl (C=O) groups excluding carboxylic acids is 1. The van der Waals surface area contributed by atoms with Crippen molar-refractivity contribution in [3.63, 3.8) is 0 Å². The first-order valence-electron chi connectivity index (χ1n) is 15.1. The van der Waals surface area contributed by atoms with Crippen LogP contribution in [0.4, 0.5) is 14.9 Å². The quantitative estimate of drug-likeness (QED) is 0.197. The molecular formula is C33H37FN8O3Si. The van der Waals surface area contributed by atoms with Gasteiger partial charge in [-0.3, -0.25) is 4.90 Å². The Labute approximate surface area is 268 Å². The Kier molecular flexibility index (Phi) is 8.95. The van der Waals surface area contributed by atoms with Crippen molar-refractivity contribution in [2.75, 3.05) is 18.6 Å². The fourth-order valence-corrected chi connectivity index (χ4v) is 6.11. The van der Waals surface area contributed by atoms with Crippen LogP contribution in [0, 0.1) is 5.82 Å². The van der Waals surface area contributed by atoms with Crippen molar-refractivity contribution in [3.8, 4) is 16.9 Å². The average Bonchev–Trinajstić information content (AvgIpc) is 3.78. The summed E-state index contributed by atoms with van der Waals surface area (Å²) < 4.78 is 29.6. The van der Waals surface area contributed by atoms with Crippen LogP contribution in [0.5, 0.6) is 5.75 Å². The maximum atomic E-state index is 15.3. The normalized spacial score (nSPS) is 14.9. The number of nitrogens with one attached hydrogen (secondary N) is 1. The first-order valence-corrected chi connectivity index (χ1v) is 18.6. The lowest BCUT2D eigenvalue weighted by atomic mass is 10.0. The zero-order valence-corrected chi connectivity index (χ0v) is 27.4. The van der Waals surface area contributed by atoms with Crippen LogP contribution in [0.25, 0.3) is 11.1 Å². The molecule has 2 aromatic heterocycles. The molecule has 1 N–H and O–H groups in total. The molecule has 1 saturated heterocycles. The largest absolute Gasteiger partial charge is 0.497 e. The number of hydrogen-bond donors (Lipinski definition) is 1. The topological polar surface area (TPSA) is 112 Å². The van der Waals surface area contributed by atoms with Crippen LogP contribution in [0.2, 0.25) is 19.6 Å². The Bertz CT molecular complexity index is 1800. The highest BCUT2D eigenvalue weighted by molar-refractivity contribution is 6.88. The molecule has 0 bridgehead atoms. The fraction of sp³-hybridized carbons (Fsp3) is 0.303. The SMILES string of the molecule is COc1ccc(Cn2cc(CNCc3ccc(-c4ccc(N5CC(Cn6cc([Si](C)(C)C)nn6)OC5=O)cc4F)cc3)nn2)cc1. The van der Waals surface area contributed by atoms with Crippen LogP contribution >= 0.6 is 0 Å². The van der Waals surface area contributed by atoms with Crippen molar-refractivity contribution in [1.29, 1.82) is 0 Å². The third-order valence-corrected chi connectivity index (χ3v) is 9.59. The maximum Gasteiger partial charge on any atom is 0.414 e. The van der Waals surface area contributed by atoms with Crippen LogP contribution in [0.3, 0.4) is 0 Å². The molecule has 3 aromatic carbocycles. The van der Waals surface area contributed by atoms with Crippen LogP contribution in [-0.4, -0.2) is 63.9 Å². The first kappa shape index (κ1) is 31.1. The number of hydrogen-bond acceptors (Lipinski definition) is 8. The number of methoxy groups -OCH3 is 1. The van der Waals surface area contributed by atoms with Gasteiger partial charge in [-0.25, -0.2) is 18.5 Å². The molecule has 1 aliphatic rings. The standard InChI is InChI=1S/C33H37FN8O3Si/c1-44-28-12-7-24(8-13-28)18-40-19-26(36-38-40)17-35-16-23-5-9-25(10-6-23)30-14-11-27(15-31(30)34)42-21-29(45-33(42)43)20-41-22-32(37-39-41)46(2,3)4/h5-15,19,22,29,35H,16-18,20-21H2,1-4H3. The second-order valence-corrected chi connectivity index (χ2v) is 17.4. The van der Waals surface area contributed by atoms with Gasteiger partial charge in [-0.05, 0) is 47.0 Å². The lowest BCUT2D eigenvalue weighted by molar-refractivity contribution is 0.129. The van der Waals surface area contributed by atoms with E-state index in [0.717, 1.165) is 33.5 Å². The fourth-order valence-electron chi connectivity index (χ4n) is 5.23. The summed E-state index contributed by atoms with van der Waals surface area (Å²) in [6, 6.07) is 20.4. The number of halogens is 1. The van der Waals surface area contributed by atoms with Crippen molar-refractivity contribution in [2.24, 2.45) is 0 Å². The van der Waals surface area contributed by atoms with Gasteiger partial charge in [-0.1, -0.05) is 66.5 Å². The van der Waals surface area contributed by atoms with E-state index in [1.165, 1.54) is 11.0 Å². The number of ether oxygens (including phenoxy) is 2. The summed E-state index contributed by atoms with van der Waals surface area (Å²) in [4.78, 5) is 14.1. The number of benzene rings is 3. The molecule has 3 heterocycles. The van der Waals surface area contributed by atoms with Crippen molar-refractivity contribution in [2.45, 2.75) is 51.9 Å². The number of nitrogens with zero attached hydrogens (tertiary/aromatic N) is 7. The van der Waals surface area contributed by atoms with Gasteiger partial charge in [-0.15, -0.1) is 10.2 Å². The van der Waals surface area contributed by atoms with Gasteiger partial charge >= 0.3 is 6.09 Å². The summed E-state index contributed by atoms with van der Waals surface area (Å²) in [5.74, 6) is 0.410. The third-order valence-electron chi connectivity index (χ3n) is 7.83. The summed E-state index contributed by atoms with van der Waals surface area (Å²) in [6.45, 7) is 9.12. The number of cyclic esters (lactones) is 1. The van der Waals surface area contributed by atoms with E-state index >= 15 is 4.39 Å². The van der Waals surface area contributed by atoms with E-state index in [-0.39, 0.29) is 0 Å². The highest BCUT2D eigenvalue weighted by atomic mass is 28.3. The highest BCUT2D eigenvalue weighted by Gasteiger charge is 2.33. The smallest absolute Gasteiger partial charge is 0.414 e. The zero-order valence-electron chi connectivity index (χ0n) is 26.4. The lowest BCUT2D eigenvalue weighted by Crippen LogP contribution is -2.38. The molecule has 1 atom stereocenters. The number of aromatic nitrogens is 6. The summed E-state index contributed by atoms with van der Waals surface area (Å²) in [5, 5.41) is 21.4. The molecule has 11 nitrogen and oxygen atoms in total. The molecule has 13 heteroatoms. The highest BCUT2D eigenvalue weighted by Crippen LogP contribution is 2.29. The van der Waals surface area contributed by atoms with E-state index in [4.69, 9.17) is 9.47 Å². The second-order valence-electron chi connectivity index (χ2n) is 12.4. The third kappa shape index (κ3) is 7.32. The van der Waals surface area contributed by atoms with Gasteiger partial charge in [0, 0.05) is 24.8 Å². The van der Waals surface area contributed by atoms with Crippen molar-refractivity contribution in [1.82, 2.24) is 35.3 Å². The Morgan fingerprint density at radius 1 is 0.935 bits per heavy atom. The van der Waals surface area contributed by atoms with Crippen LogP contribution < -0.4 is 20.3 Å². The van der Waals surface area contributed by atoms with Crippen molar-refractivity contribution in [3.05, 3.63) is 102 Å². The van der Waals surface area contributed by atoms with Gasteiger partial charge in [0.2, 0.25) is 0 Å². The number of carbonyl (C=O) groups is 1. The molecule has 6 rings (SSSR count). The van der Waals surface area contributed by atoms with Crippen LogP contribution in [0.1, 0.15) is 16.8 Å². The van der Waals surface area contributed by atoms with E-state index in [2.05, 4.69) is 45.6 Å². The molecule has 1 aliphatic heterocycles. The lowest BCUT2D eigenvalue weighted by Gasteiger charge is -2.15. The molecule has 46 heavy (non-hydrogen) atoms. The predicted octanol–water partition coefficient (Wildman–Crippen LogP) is 4.59. The Morgan fingerprint density at radius 3 is 2.37 bits per heavy atom. The Hall–Kier alpha value is -4.88. The molecule has 0 spiro atoms. The second kappa shape index (κ2) is 13.2. The molecule has 1 amide bonds. The summed E-state index contributed by atoms with van der Waals surface area (Å²) in [5.41, 5.74) is 4.68. The molecule has 238 valence electrons. The first-order chi connectivity index (χ1) is 22.1.